The molecule has 4 aliphatic carbocycles. The second-order valence-electron chi connectivity index (χ2n) is 7.87. The van der Waals surface area contributed by atoms with Crippen molar-refractivity contribution in [2.24, 2.45) is 23.2 Å². The summed E-state index contributed by atoms with van der Waals surface area (Å²) < 4.78 is 0. The Morgan fingerprint density at radius 1 is 1.17 bits per heavy atom. The molecule has 1 aromatic carbocycles. The van der Waals surface area contributed by atoms with E-state index in [0.29, 0.717) is 17.8 Å². The highest BCUT2D eigenvalue weighted by molar-refractivity contribution is 5.68. The molecule has 0 aliphatic heterocycles. The van der Waals surface area contributed by atoms with Gasteiger partial charge in [-0.25, -0.2) is 0 Å². The van der Waals surface area contributed by atoms with Crippen molar-refractivity contribution in [3.8, 4) is 0 Å². The molecule has 4 saturated carbocycles. The zero-order chi connectivity index (χ0) is 16.2. The van der Waals surface area contributed by atoms with E-state index < -0.39 is 5.97 Å². The highest BCUT2D eigenvalue weighted by atomic mass is 16.6. The molecule has 1 aromatic rings. The number of non-ortho nitro benzene ring substituents is 1. The molecule has 4 fully saturated rings. The fourth-order valence-electron chi connectivity index (χ4n) is 6.19. The van der Waals surface area contributed by atoms with Crippen molar-refractivity contribution >= 4 is 11.7 Å². The van der Waals surface area contributed by atoms with E-state index in [2.05, 4.69) is 0 Å². The molecule has 3 atom stereocenters. The fraction of sp³-hybridized carbons (Fsp3) is 0.611. The number of benzene rings is 1. The number of nitrogens with zero attached hydrogens (tertiary/aromatic N) is 1. The summed E-state index contributed by atoms with van der Waals surface area (Å²) in [5.74, 6) is 1.44. The van der Waals surface area contributed by atoms with Crippen molar-refractivity contribution in [3.63, 3.8) is 0 Å². The third kappa shape index (κ3) is 2.33. The Labute approximate surface area is 134 Å². The summed E-state index contributed by atoms with van der Waals surface area (Å²) in [5, 5.41) is 20.3. The molecule has 0 spiro atoms. The molecule has 5 heteroatoms. The van der Waals surface area contributed by atoms with Crippen molar-refractivity contribution in [1.29, 1.82) is 0 Å². The molecule has 5 nitrogen and oxygen atoms in total. The Morgan fingerprint density at radius 2 is 1.78 bits per heavy atom. The van der Waals surface area contributed by atoms with Crippen molar-refractivity contribution in [2.75, 3.05) is 0 Å². The van der Waals surface area contributed by atoms with Crippen LogP contribution in [0.2, 0.25) is 0 Å². The van der Waals surface area contributed by atoms with Gasteiger partial charge in [-0.3, -0.25) is 14.9 Å². The van der Waals surface area contributed by atoms with Crippen molar-refractivity contribution in [1.82, 2.24) is 0 Å². The number of hydrogen-bond acceptors (Lipinski definition) is 3. The molecular weight excluding hydrogens is 294 g/mol. The van der Waals surface area contributed by atoms with E-state index in [0.717, 1.165) is 18.4 Å². The lowest BCUT2D eigenvalue weighted by atomic mass is 9.43. The van der Waals surface area contributed by atoms with Gasteiger partial charge in [0.05, 0.1) is 11.3 Å². The lowest BCUT2D eigenvalue weighted by Gasteiger charge is -2.61. The minimum atomic E-state index is -0.709. The monoisotopic (exact) mass is 315 g/mol. The fourth-order valence-corrected chi connectivity index (χ4v) is 6.19. The zero-order valence-corrected chi connectivity index (χ0v) is 13.0. The average molecular weight is 315 g/mol. The summed E-state index contributed by atoms with van der Waals surface area (Å²) >= 11 is 0. The molecule has 0 radical (unpaired) electrons. The summed E-state index contributed by atoms with van der Waals surface area (Å²) in [7, 11) is 0. The lowest BCUT2D eigenvalue weighted by Crippen LogP contribution is -2.52. The van der Waals surface area contributed by atoms with Crippen LogP contribution < -0.4 is 0 Å². The van der Waals surface area contributed by atoms with Gasteiger partial charge >= 0.3 is 5.97 Å². The van der Waals surface area contributed by atoms with E-state index in [1.807, 2.05) is 12.1 Å². The van der Waals surface area contributed by atoms with Gasteiger partial charge in [0.15, 0.2) is 0 Å². The number of hydrogen-bond donors (Lipinski definition) is 1. The van der Waals surface area contributed by atoms with E-state index in [9.17, 15) is 20.0 Å². The maximum Gasteiger partial charge on any atom is 0.303 e. The Morgan fingerprint density at radius 3 is 2.30 bits per heavy atom. The molecule has 0 heterocycles. The van der Waals surface area contributed by atoms with Crippen LogP contribution in [0.25, 0.3) is 0 Å². The summed E-state index contributed by atoms with van der Waals surface area (Å²) in [6.07, 6.45) is 5.91. The van der Waals surface area contributed by atoms with E-state index in [1.165, 1.54) is 19.3 Å². The van der Waals surface area contributed by atoms with Gasteiger partial charge in [0, 0.05) is 12.1 Å². The smallest absolute Gasteiger partial charge is 0.303 e. The zero-order valence-electron chi connectivity index (χ0n) is 13.0. The van der Waals surface area contributed by atoms with Gasteiger partial charge in [-0.1, -0.05) is 12.1 Å². The molecule has 4 aliphatic rings. The van der Waals surface area contributed by atoms with Gasteiger partial charge in [0.2, 0.25) is 0 Å². The molecule has 3 unspecified atom stereocenters. The van der Waals surface area contributed by atoms with Gasteiger partial charge in [0.1, 0.15) is 0 Å². The number of carboxylic acid groups (broad SMARTS) is 1. The number of nitro benzene ring substituents is 1. The third-order valence-corrected chi connectivity index (χ3v) is 6.43. The summed E-state index contributed by atoms with van der Waals surface area (Å²) in [6, 6.07) is 6.84. The first kappa shape index (κ1) is 14.7. The van der Waals surface area contributed by atoms with Gasteiger partial charge < -0.3 is 5.11 Å². The number of aliphatic carboxylic acids is 1. The largest absolute Gasteiger partial charge is 0.481 e. The second kappa shape index (κ2) is 5.05. The number of nitro groups is 1. The van der Waals surface area contributed by atoms with E-state index >= 15 is 0 Å². The molecule has 5 rings (SSSR count). The van der Waals surface area contributed by atoms with Crippen LogP contribution in [0.3, 0.4) is 0 Å². The molecular formula is C18H21NO4. The van der Waals surface area contributed by atoms with Gasteiger partial charge in [-0.2, -0.15) is 0 Å². The van der Waals surface area contributed by atoms with Crippen LogP contribution in [0.4, 0.5) is 5.69 Å². The van der Waals surface area contributed by atoms with Crippen LogP contribution in [0, 0.1) is 33.3 Å². The molecule has 1 N–H and O–H groups in total. The highest BCUT2D eigenvalue weighted by Crippen LogP contribution is 2.67. The van der Waals surface area contributed by atoms with Crippen LogP contribution in [0.15, 0.2) is 24.3 Å². The molecule has 0 aromatic heterocycles. The molecule has 23 heavy (non-hydrogen) atoms. The predicted molar refractivity (Wildman–Crippen MR) is 84.1 cm³/mol. The molecule has 4 bridgehead atoms. The van der Waals surface area contributed by atoms with E-state index in [1.54, 1.807) is 12.1 Å². The lowest BCUT2D eigenvalue weighted by molar-refractivity contribution is -0.384. The van der Waals surface area contributed by atoms with Crippen LogP contribution in [-0.2, 0) is 4.79 Å². The quantitative estimate of drug-likeness (QED) is 0.673. The summed E-state index contributed by atoms with van der Waals surface area (Å²) in [5.41, 5.74) is 1.06. The standard InChI is InChI=1S/C18H21NO4/c20-16(21)10-18-8-11-5-12(9-18)7-14(6-11)17(18)13-1-3-15(4-2-13)19(22)23/h1-4,11-12,14,17H,5-10H2,(H,20,21). The maximum absolute atomic E-state index is 11.5. The Hall–Kier alpha value is -1.91. The Balaban J connectivity index is 1.72. The maximum atomic E-state index is 11.5. The van der Waals surface area contributed by atoms with E-state index in [4.69, 9.17) is 0 Å². The topological polar surface area (TPSA) is 80.4 Å². The SMILES string of the molecule is O=C(O)CC12CC3CC(CC(C3)C1c1ccc([N+](=O)[O-])cc1)C2. The van der Waals surface area contributed by atoms with Crippen LogP contribution in [0.1, 0.15) is 50.0 Å². The van der Waals surface area contributed by atoms with E-state index in [-0.39, 0.29) is 28.4 Å². The molecule has 122 valence electrons. The minimum Gasteiger partial charge on any atom is -0.481 e. The number of carboxylic acids is 1. The van der Waals surface area contributed by atoms with Crippen LogP contribution in [-0.4, -0.2) is 16.0 Å². The first-order valence-corrected chi connectivity index (χ1v) is 8.43. The average Bonchev–Trinajstić information content (AvgIpc) is 2.45. The van der Waals surface area contributed by atoms with Crippen LogP contribution >= 0.6 is 0 Å². The van der Waals surface area contributed by atoms with Crippen LogP contribution in [0.5, 0.6) is 0 Å². The van der Waals surface area contributed by atoms with Gasteiger partial charge in [-0.05, 0) is 66.8 Å². The third-order valence-electron chi connectivity index (χ3n) is 6.43. The number of carbonyl (C=O) groups is 1. The van der Waals surface area contributed by atoms with Crippen molar-refractivity contribution in [2.45, 2.75) is 44.4 Å². The summed E-state index contributed by atoms with van der Waals surface area (Å²) in [4.78, 5) is 22.0. The first-order valence-electron chi connectivity index (χ1n) is 8.43. The Bertz CT molecular complexity index is 639. The second-order valence-corrected chi connectivity index (χ2v) is 7.87. The Kier molecular flexibility index (Phi) is 3.22. The van der Waals surface area contributed by atoms with Gasteiger partial charge in [0.25, 0.3) is 5.69 Å². The van der Waals surface area contributed by atoms with Crippen molar-refractivity contribution in [3.05, 3.63) is 39.9 Å². The molecule has 0 saturated heterocycles. The normalized spacial score (nSPS) is 37.7. The van der Waals surface area contributed by atoms with Crippen molar-refractivity contribution < 1.29 is 14.8 Å². The highest BCUT2D eigenvalue weighted by Gasteiger charge is 2.57. The first-order chi connectivity index (χ1) is 11.0. The van der Waals surface area contributed by atoms with Gasteiger partial charge in [-0.15, -0.1) is 0 Å². The molecule has 0 amide bonds. The predicted octanol–water partition coefficient (Wildman–Crippen LogP) is 3.98. The minimum absolute atomic E-state index is 0.102. The number of rotatable bonds is 4. The summed E-state index contributed by atoms with van der Waals surface area (Å²) in [6.45, 7) is 0.